The summed E-state index contributed by atoms with van der Waals surface area (Å²) in [6.45, 7) is 0. The molecule has 0 bridgehead atoms. The average Bonchev–Trinajstić information content (AvgIpc) is 2.68. The monoisotopic (exact) mass is 418 g/mol. The lowest BCUT2D eigenvalue weighted by Gasteiger charge is -2.17. The van der Waals surface area contributed by atoms with Gasteiger partial charge in [-0.1, -0.05) is 42.5 Å². The van der Waals surface area contributed by atoms with Crippen molar-refractivity contribution in [2.45, 2.75) is 10.8 Å². The van der Waals surface area contributed by atoms with Crippen molar-refractivity contribution in [3.05, 3.63) is 95.6 Å². The molecule has 1 unspecified atom stereocenters. The lowest BCUT2D eigenvalue weighted by molar-refractivity contribution is -0.129. The van der Waals surface area contributed by atoms with Gasteiger partial charge in [-0.25, -0.2) is 22.7 Å². The van der Waals surface area contributed by atoms with Gasteiger partial charge in [-0.15, -0.1) is 0 Å². The number of carbonyl (C=O) groups is 1. The maximum absolute atomic E-state index is 13.9. The van der Waals surface area contributed by atoms with Gasteiger partial charge in [-0.3, -0.25) is 14.7 Å². The predicted molar refractivity (Wildman–Crippen MR) is 102 cm³/mol. The van der Waals surface area contributed by atoms with E-state index in [1.165, 1.54) is 18.2 Å². The third kappa shape index (κ3) is 4.58. The van der Waals surface area contributed by atoms with E-state index in [-0.39, 0.29) is 5.69 Å². The van der Waals surface area contributed by atoms with E-state index in [1.54, 1.807) is 41.9 Å². The zero-order valence-electron chi connectivity index (χ0n) is 14.8. The first-order chi connectivity index (χ1) is 13.8. The molecule has 0 aliphatic rings. The second-order valence-electron chi connectivity index (χ2n) is 6.13. The van der Waals surface area contributed by atoms with Gasteiger partial charge in [0.15, 0.2) is 0 Å². The molecule has 3 aromatic carbocycles. The number of hydrogen-bond acceptors (Lipinski definition) is 4. The number of halogens is 2. The highest BCUT2D eigenvalue weighted by Crippen LogP contribution is 2.28. The molecule has 0 aliphatic carbocycles. The normalized spacial score (nSPS) is 12.2. The van der Waals surface area contributed by atoms with Crippen LogP contribution in [0.5, 0.6) is 0 Å². The Morgan fingerprint density at radius 1 is 0.897 bits per heavy atom. The van der Waals surface area contributed by atoms with Gasteiger partial charge < -0.3 is 0 Å². The molecule has 1 amide bonds. The van der Waals surface area contributed by atoms with Gasteiger partial charge in [0.1, 0.15) is 16.5 Å². The summed E-state index contributed by atoms with van der Waals surface area (Å²) in [5.74, 6) is -3.74. The molecule has 150 valence electrons. The number of carbonyl (C=O) groups excluding carboxylic acids is 1. The first kappa shape index (κ1) is 20.4. The maximum atomic E-state index is 13.9. The van der Waals surface area contributed by atoms with E-state index in [2.05, 4.69) is 4.72 Å². The largest absolute Gasteiger partial charge is 0.289 e. The third-order valence-electron chi connectivity index (χ3n) is 4.16. The van der Waals surface area contributed by atoms with Gasteiger partial charge in [-0.2, -0.15) is 0 Å². The summed E-state index contributed by atoms with van der Waals surface area (Å²) in [6, 6.07) is 16.6. The fourth-order valence-corrected chi connectivity index (χ4v) is 4.00. The summed E-state index contributed by atoms with van der Waals surface area (Å²) in [6.07, 6.45) is 0. The molecule has 9 heteroatoms. The summed E-state index contributed by atoms with van der Waals surface area (Å²) >= 11 is 0. The van der Waals surface area contributed by atoms with E-state index in [1.807, 2.05) is 0 Å². The van der Waals surface area contributed by atoms with E-state index in [9.17, 15) is 22.0 Å². The Morgan fingerprint density at radius 2 is 1.59 bits per heavy atom. The lowest BCUT2D eigenvalue weighted by Crippen LogP contribution is -2.27. The molecule has 3 N–H and O–H groups in total. The maximum Gasteiger partial charge on any atom is 0.264 e. The molecule has 29 heavy (non-hydrogen) atoms. The van der Waals surface area contributed by atoms with Crippen LogP contribution >= 0.6 is 0 Å². The van der Waals surface area contributed by atoms with E-state index >= 15 is 0 Å². The van der Waals surface area contributed by atoms with Gasteiger partial charge in [-0.05, 0) is 35.4 Å². The molecule has 0 spiro atoms. The topological polar surface area (TPSA) is 95.5 Å². The lowest BCUT2D eigenvalue weighted by atomic mass is 9.90. The summed E-state index contributed by atoms with van der Waals surface area (Å²) in [5, 5.41) is 9.10. The number of rotatable bonds is 6. The quantitative estimate of drug-likeness (QED) is 0.422. The van der Waals surface area contributed by atoms with Crippen molar-refractivity contribution in [2.24, 2.45) is 0 Å². The molecule has 3 rings (SSSR count). The summed E-state index contributed by atoms with van der Waals surface area (Å²) < 4.78 is 54.1. The van der Waals surface area contributed by atoms with Gasteiger partial charge in [0.2, 0.25) is 0 Å². The number of hydroxylamine groups is 1. The minimum atomic E-state index is -4.34. The molecular formula is C20H16F2N2O4S. The van der Waals surface area contributed by atoms with Crippen molar-refractivity contribution in [1.82, 2.24) is 5.48 Å². The zero-order chi connectivity index (χ0) is 21.0. The van der Waals surface area contributed by atoms with Crippen LogP contribution < -0.4 is 10.2 Å². The molecule has 6 nitrogen and oxygen atoms in total. The van der Waals surface area contributed by atoms with Crippen molar-refractivity contribution in [2.75, 3.05) is 4.72 Å². The van der Waals surface area contributed by atoms with Crippen molar-refractivity contribution in [3.8, 4) is 0 Å². The van der Waals surface area contributed by atoms with Crippen molar-refractivity contribution >= 4 is 21.6 Å². The van der Waals surface area contributed by atoms with E-state index in [0.29, 0.717) is 17.2 Å². The number of anilines is 1. The highest BCUT2D eigenvalue weighted by molar-refractivity contribution is 7.92. The van der Waals surface area contributed by atoms with Gasteiger partial charge in [0, 0.05) is 11.8 Å². The Hall–Kier alpha value is -3.30. The number of nitrogens with one attached hydrogen (secondary N) is 2. The van der Waals surface area contributed by atoms with Crippen LogP contribution in [0.2, 0.25) is 0 Å². The first-order valence-electron chi connectivity index (χ1n) is 8.38. The molecule has 3 aromatic rings. The fourth-order valence-electron chi connectivity index (χ4n) is 2.89. The van der Waals surface area contributed by atoms with Crippen LogP contribution in [-0.4, -0.2) is 19.5 Å². The number of hydrogen-bond donors (Lipinski definition) is 3. The Balaban J connectivity index is 1.97. The van der Waals surface area contributed by atoms with Crippen LogP contribution in [0.4, 0.5) is 14.5 Å². The summed E-state index contributed by atoms with van der Waals surface area (Å²) in [7, 11) is -4.34. The Kier molecular flexibility index (Phi) is 5.90. The molecule has 0 radical (unpaired) electrons. The minimum Gasteiger partial charge on any atom is -0.289 e. The number of amides is 1. The fraction of sp³-hybridized carbons (Fsp3) is 0.0500. The van der Waals surface area contributed by atoms with Crippen LogP contribution in [0.3, 0.4) is 0 Å². The second kappa shape index (κ2) is 8.38. The zero-order valence-corrected chi connectivity index (χ0v) is 15.7. The molecule has 0 fully saturated rings. The molecular weight excluding hydrogens is 402 g/mol. The van der Waals surface area contributed by atoms with Crippen LogP contribution in [-0.2, 0) is 14.8 Å². The van der Waals surface area contributed by atoms with Crippen molar-refractivity contribution in [3.63, 3.8) is 0 Å². The second-order valence-corrected chi connectivity index (χ2v) is 7.78. The van der Waals surface area contributed by atoms with Crippen LogP contribution in [0.15, 0.2) is 77.7 Å². The predicted octanol–water partition coefficient (Wildman–Crippen LogP) is 3.40. The highest BCUT2D eigenvalue weighted by atomic mass is 32.2. The van der Waals surface area contributed by atoms with E-state index in [4.69, 9.17) is 5.21 Å². The summed E-state index contributed by atoms with van der Waals surface area (Å²) in [4.78, 5) is 11.5. The van der Waals surface area contributed by atoms with Crippen molar-refractivity contribution in [1.29, 1.82) is 0 Å². The standard InChI is InChI=1S/C20H16F2N2O4S/c21-15-9-10-18(17(22)12-15)29(27,28)24-16-8-4-7-14(11-16)19(20(25)23-26)13-5-2-1-3-6-13/h1-12,19,24,26H,(H,23,25). The molecule has 0 saturated heterocycles. The van der Waals surface area contributed by atoms with Crippen LogP contribution in [0, 0.1) is 11.6 Å². The van der Waals surface area contributed by atoms with Crippen molar-refractivity contribution < 1.29 is 27.2 Å². The average molecular weight is 418 g/mol. The molecule has 0 aromatic heterocycles. The van der Waals surface area contributed by atoms with Crippen LogP contribution in [0.25, 0.3) is 0 Å². The SMILES string of the molecule is O=C(NO)C(c1ccccc1)c1cccc(NS(=O)(=O)c2ccc(F)cc2F)c1. The van der Waals surface area contributed by atoms with Gasteiger partial charge in [0.05, 0.1) is 5.92 Å². The van der Waals surface area contributed by atoms with Gasteiger partial charge in [0.25, 0.3) is 15.9 Å². The smallest absolute Gasteiger partial charge is 0.264 e. The van der Waals surface area contributed by atoms with Gasteiger partial charge >= 0.3 is 0 Å². The molecule has 0 heterocycles. The Morgan fingerprint density at radius 3 is 2.24 bits per heavy atom. The summed E-state index contributed by atoms with van der Waals surface area (Å²) in [5.41, 5.74) is 2.64. The van der Waals surface area contributed by atoms with E-state index in [0.717, 1.165) is 12.1 Å². The Bertz CT molecular complexity index is 1140. The molecule has 0 saturated carbocycles. The van der Waals surface area contributed by atoms with E-state index < -0.39 is 38.4 Å². The Labute approximate surface area is 165 Å². The van der Waals surface area contributed by atoms with Crippen LogP contribution in [0.1, 0.15) is 17.0 Å². The minimum absolute atomic E-state index is 0.0675. The first-order valence-corrected chi connectivity index (χ1v) is 9.87. The molecule has 0 aliphatic heterocycles. The third-order valence-corrected chi connectivity index (χ3v) is 5.58. The number of benzene rings is 3. The number of sulfonamides is 1. The highest BCUT2D eigenvalue weighted by Gasteiger charge is 2.24. The molecule has 1 atom stereocenters.